The number of carbonyl (C=O) groups excluding carboxylic acids is 1. The van der Waals surface area contributed by atoms with Crippen molar-refractivity contribution in [3.63, 3.8) is 0 Å². The van der Waals surface area contributed by atoms with E-state index in [1.165, 1.54) is 0 Å². The Labute approximate surface area is 125 Å². The van der Waals surface area contributed by atoms with Crippen LogP contribution in [0.15, 0.2) is 18.2 Å². The molecule has 1 saturated carbocycles. The Hall–Kier alpha value is -1.42. The number of thiocarbonyl (C=S) groups is 1. The Morgan fingerprint density at radius 3 is 2.50 bits per heavy atom. The van der Waals surface area contributed by atoms with Gasteiger partial charge in [-0.05, 0) is 36.8 Å². The minimum Gasteiger partial charge on any atom is -0.392 e. The standard InChI is InChI=1S/C16H22N2OS/c1-10(2)12-7-4-6-11(3)13(12)18-15(19)16(14(17)20)8-5-9-16/h4,6-7,10H,5,8-9H2,1-3H3,(H2,17,20)(H,18,19). The topological polar surface area (TPSA) is 55.1 Å². The van der Waals surface area contributed by atoms with E-state index in [-0.39, 0.29) is 5.91 Å². The molecule has 1 aliphatic rings. The SMILES string of the molecule is Cc1cccc(C(C)C)c1NC(=O)C1(C(N)=S)CCC1. The van der Waals surface area contributed by atoms with Gasteiger partial charge in [-0.2, -0.15) is 0 Å². The first-order valence-electron chi connectivity index (χ1n) is 7.09. The molecule has 3 nitrogen and oxygen atoms in total. The van der Waals surface area contributed by atoms with Crippen molar-refractivity contribution in [2.75, 3.05) is 5.32 Å². The fourth-order valence-corrected chi connectivity index (χ4v) is 2.99. The van der Waals surface area contributed by atoms with Gasteiger partial charge >= 0.3 is 0 Å². The maximum Gasteiger partial charge on any atom is 0.237 e. The van der Waals surface area contributed by atoms with Crippen molar-refractivity contribution in [3.8, 4) is 0 Å². The van der Waals surface area contributed by atoms with Gasteiger partial charge in [0.1, 0.15) is 0 Å². The van der Waals surface area contributed by atoms with Gasteiger partial charge in [0.15, 0.2) is 0 Å². The average molecular weight is 290 g/mol. The monoisotopic (exact) mass is 290 g/mol. The van der Waals surface area contributed by atoms with Crippen molar-refractivity contribution in [1.29, 1.82) is 0 Å². The van der Waals surface area contributed by atoms with E-state index >= 15 is 0 Å². The van der Waals surface area contributed by atoms with Gasteiger partial charge in [0, 0.05) is 5.69 Å². The molecule has 2 rings (SSSR count). The highest BCUT2D eigenvalue weighted by atomic mass is 32.1. The highest BCUT2D eigenvalue weighted by Crippen LogP contribution is 2.42. The maximum atomic E-state index is 12.6. The number of hydrogen-bond donors (Lipinski definition) is 2. The van der Waals surface area contributed by atoms with Crippen molar-refractivity contribution < 1.29 is 4.79 Å². The number of benzene rings is 1. The van der Waals surface area contributed by atoms with Crippen molar-refractivity contribution in [2.45, 2.75) is 46.0 Å². The number of rotatable bonds is 4. The Balaban J connectivity index is 2.31. The van der Waals surface area contributed by atoms with E-state index in [2.05, 4.69) is 25.2 Å². The van der Waals surface area contributed by atoms with Gasteiger partial charge in [-0.25, -0.2) is 0 Å². The van der Waals surface area contributed by atoms with Crippen LogP contribution in [0.3, 0.4) is 0 Å². The summed E-state index contributed by atoms with van der Waals surface area (Å²) < 4.78 is 0. The molecular formula is C16H22N2OS. The number of para-hydroxylation sites is 1. The van der Waals surface area contributed by atoms with Crippen LogP contribution < -0.4 is 11.1 Å². The maximum absolute atomic E-state index is 12.6. The van der Waals surface area contributed by atoms with Gasteiger partial charge in [-0.15, -0.1) is 0 Å². The number of carbonyl (C=O) groups is 1. The molecule has 3 N–H and O–H groups in total. The van der Waals surface area contributed by atoms with Crippen LogP contribution in [0.25, 0.3) is 0 Å². The van der Waals surface area contributed by atoms with Crippen molar-refractivity contribution >= 4 is 28.8 Å². The summed E-state index contributed by atoms with van der Waals surface area (Å²) in [6.45, 7) is 6.25. The summed E-state index contributed by atoms with van der Waals surface area (Å²) in [6, 6.07) is 6.09. The molecule has 1 amide bonds. The lowest BCUT2D eigenvalue weighted by atomic mass is 9.68. The molecule has 4 heteroatoms. The zero-order valence-corrected chi connectivity index (χ0v) is 13.1. The lowest BCUT2D eigenvalue weighted by Crippen LogP contribution is -2.50. The molecule has 1 fully saturated rings. The molecule has 0 saturated heterocycles. The van der Waals surface area contributed by atoms with E-state index in [4.69, 9.17) is 18.0 Å². The van der Waals surface area contributed by atoms with E-state index < -0.39 is 5.41 Å². The van der Waals surface area contributed by atoms with Crippen LogP contribution in [-0.4, -0.2) is 10.9 Å². The van der Waals surface area contributed by atoms with Crippen LogP contribution >= 0.6 is 12.2 Å². The summed E-state index contributed by atoms with van der Waals surface area (Å²) in [7, 11) is 0. The third-order valence-electron chi connectivity index (χ3n) is 4.28. The Bertz CT molecular complexity index is 547. The number of anilines is 1. The Kier molecular flexibility index (Phi) is 4.14. The molecule has 0 radical (unpaired) electrons. The first-order valence-corrected chi connectivity index (χ1v) is 7.50. The number of hydrogen-bond acceptors (Lipinski definition) is 2. The summed E-state index contributed by atoms with van der Waals surface area (Å²) in [5.74, 6) is 0.305. The molecule has 0 atom stereocenters. The van der Waals surface area contributed by atoms with Crippen LogP contribution in [-0.2, 0) is 4.79 Å². The third-order valence-corrected chi connectivity index (χ3v) is 4.67. The van der Waals surface area contributed by atoms with E-state index in [1.54, 1.807) is 0 Å². The molecule has 108 valence electrons. The minimum absolute atomic E-state index is 0.0487. The van der Waals surface area contributed by atoms with Gasteiger partial charge < -0.3 is 11.1 Å². The van der Waals surface area contributed by atoms with Crippen LogP contribution in [0.5, 0.6) is 0 Å². The summed E-state index contributed by atoms with van der Waals surface area (Å²) in [6.07, 6.45) is 2.53. The molecule has 0 aromatic heterocycles. The van der Waals surface area contributed by atoms with Gasteiger partial charge in [0.05, 0.1) is 10.4 Å². The predicted octanol–water partition coefficient (Wildman–Crippen LogP) is 3.51. The first kappa shape index (κ1) is 15.0. The third kappa shape index (κ3) is 2.44. The van der Waals surface area contributed by atoms with Crippen LogP contribution in [0.4, 0.5) is 5.69 Å². The Morgan fingerprint density at radius 2 is 2.05 bits per heavy atom. The summed E-state index contributed by atoms with van der Waals surface area (Å²) in [5, 5.41) is 3.08. The summed E-state index contributed by atoms with van der Waals surface area (Å²) in [4.78, 5) is 12.9. The molecule has 0 bridgehead atoms. The Morgan fingerprint density at radius 1 is 1.40 bits per heavy atom. The molecule has 0 unspecified atom stereocenters. The fraction of sp³-hybridized carbons (Fsp3) is 0.500. The van der Waals surface area contributed by atoms with E-state index in [0.717, 1.165) is 36.1 Å². The number of aryl methyl sites for hydroxylation is 1. The highest BCUT2D eigenvalue weighted by molar-refractivity contribution is 7.80. The molecule has 0 spiro atoms. The minimum atomic E-state index is -0.633. The number of amides is 1. The molecule has 0 aliphatic heterocycles. The van der Waals surface area contributed by atoms with E-state index in [1.807, 2.05) is 19.1 Å². The first-order chi connectivity index (χ1) is 9.38. The van der Waals surface area contributed by atoms with Crippen LogP contribution in [0.2, 0.25) is 0 Å². The van der Waals surface area contributed by atoms with Gasteiger partial charge in [-0.3, -0.25) is 4.79 Å². The normalized spacial score (nSPS) is 16.6. The largest absolute Gasteiger partial charge is 0.392 e. The quantitative estimate of drug-likeness (QED) is 0.834. The van der Waals surface area contributed by atoms with Crippen LogP contribution in [0.1, 0.15) is 50.2 Å². The highest BCUT2D eigenvalue weighted by Gasteiger charge is 2.47. The van der Waals surface area contributed by atoms with Crippen LogP contribution in [0, 0.1) is 12.3 Å². The zero-order chi connectivity index (χ0) is 14.9. The molecule has 1 aromatic carbocycles. The number of nitrogens with one attached hydrogen (secondary N) is 1. The average Bonchev–Trinajstić information content (AvgIpc) is 2.29. The summed E-state index contributed by atoms with van der Waals surface area (Å²) >= 11 is 5.11. The lowest BCUT2D eigenvalue weighted by molar-refractivity contribution is -0.125. The van der Waals surface area contributed by atoms with Gasteiger partial charge in [-0.1, -0.05) is 50.7 Å². The van der Waals surface area contributed by atoms with Crippen molar-refractivity contribution in [1.82, 2.24) is 0 Å². The fourth-order valence-electron chi connectivity index (χ4n) is 2.69. The van der Waals surface area contributed by atoms with Gasteiger partial charge in [0.2, 0.25) is 5.91 Å². The second-order valence-electron chi connectivity index (χ2n) is 5.95. The smallest absolute Gasteiger partial charge is 0.237 e. The molecule has 1 aliphatic carbocycles. The predicted molar refractivity (Wildman–Crippen MR) is 87.0 cm³/mol. The van der Waals surface area contributed by atoms with E-state index in [0.29, 0.717) is 10.9 Å². The van der Waals surface area contributed by atoms with Gasteiger partial charge in [0.25, 0.3) is 0 Å². The lowest BCUT2D eigenvalue weighted by Gasteiger charge is -2.39. The molecular weight excluding hydrogens is 268 g/mol. The molecule has 0 heterocycles. The van der Waals surface area contributed by atoms with E-state index in [9.17, 15) is 4.79 Å². The second-order valence-corrected chi connectivity index (χ2v) is 6.39. The number of nitrogens with two attached hydrogens (primary N) is 1. The van der Waals surface area contributed by atoms with Crippen molar-refractivity contribution in [3.05, 3.63) is 29.3 Å². The zero-order valence-electron chi connectivity index (χ0n) is 12.3. The summed E-state index contributed by atoms with van der Waals surface area (Å²) in [5.41, 5.74) is 8.29. The second kappa shape index (κ2) is 5.52. The molecule has 1 aromatic rings. The van der Waals surface area contributed by atoms with Crippen molar-refractivity contribution in [2.24, 2.45) is 11.1 Å². The molecule has 20 heavy (non-hydrogen) atoms.